The molecule has 0 spiro atoms. The molecule has 1 aliphatic carbocycles. The zero-order chi connectivity index (χ0) is 35.7. The average molecular weight is 662 g/mol. The van der Waals surface area contributed by atoms with Crippen molar-refractivity contribution >= 4 is 5.78 Å². The highest BCUT2D eigenvalue weighted by molar-refractivity contribution is 5.79. The minimum atomic E-state index is -2.72. The van der Waals surface area contributed by atoms with Gasteiger partial charge in [0.05, 0.1) is 12.5 Å². The van der Waals surface area contributed by atoms with E-state index in [1.54, 1.807) is 19.9 Å². The van der Waals surface area contributed by atoms with Crippen molar-refractivity contribution in [1.29, 1.82) is 0 Å². The number of pyridine rings is 1. The van der Waals surface area contributed by atoms with Crippen LogP contribution in [0.2, 0.25) is 0 Å². The van der Waals surface area contributed by atoms with Crippen LogP contribution < -0.4 is 0 Å². The topological polar surface area (TPSA) is 48.4 Å². The summed E-state index contributed by atoms with van der Waals surface area (Å²) >= 11 is 0. The number of rotatable bonds is 15. The average Bonchev–Trinajstić information content (AvgIpc) is 3.86. The van der Waals surface area contributed by atoms with Crippen LogP contribution in [0.3, 0.4) is 0 Å². The Bertz CT molecular complexity index is 1450. The number of ether oxygens (including phenoxy) is 2. The zero-order valence-electron chi connectivity index (χ0n) is 30.6. The molecule has 0 atom stereocenters. The van der Waals surface area contributed by atoms with Crippen molar-refractivity contribution in [2.75, 3.05) is 20.3 Å². The predicted octanol–water partition coefficient (Wildman–Crippen LogP) is 11.1. The van der Waals surface area contributed by atoms with E-state index in [0.29, 0.717) is 25.0 Å². The number of methoxy groups -OCH3 is 1. The third-order valence-electron chi connectivity index (χ3n) is 8.24. The molecule has 1 saturated carbocycles. The Morgan fingerprint density at radius 1 is 0.938 bits per heavy atom. The summed E-state index contributed by atoms with van der Waals surface area (Å²) < 4.78 is 36.8. The Hall–Kier alpha value is -3.64. The van der Waals surface area contributed by atoms with E-state index in [4.69, 9.17) is 9.47 Å². The lowest BCUT2D eigenvalue weighted by atomic mass is 9.95. The number of nitrogens with zero attached hydrogens (tertiary/aromatic N) is 1. The second kappa shape index (κ2) is 20.0. The lowest BCUT2D eigenvalue weighted by Gasteiger charge is -2.24. The molecule has 48 heavy (non-hydrogen) atoms. The van der Waals surface area contributed by atoms with Gasteiger partial charge >= 0.3 is 0 Å². The van der Waals surface area contributed by atoms with Gasteiger partial charge in [-0.3, -0.25) is 9.78 Å². The fourth-order valence-electron chi connectivity index (χ4n) is 5.40. The highest BCUT2D eigenvalue weighted by Gasteiger charge is 2.62. The number of halogens is 2. The van der Waals surface area contributed by atoms with Gasteiger partial charge in [-0.15, -0.1) is 0 Å². The number of alkyl halides is 2. The minimum Gasteiger partial charge on any atom is -0.500 e. The van der Waals surface area contributed by atoms with Crippen LogP contribution in [0.1, 0.15) is 102 Å². The summed E-state index contributed by atoms with van der Waals surface area (Å²) in [5, 5.41) is 0. The third kappa shape index (κ3) is 13.1. The van der Waals surface area contributed by atoms with Gasteiger partial charge in [-0.05, 0) is 92.8 Å². The number of Topliss-reactive ketones (excluding diaryl/α,β-unsaturated/α-hetero) is 1. The molecular weight excluding hydrogens is 604 g/mol. The Labute approximate surface area is 288 Å². The fourth-order valence-corrected chi connectivity index (χ4v) is 5.40. The maximum atomic E-state index is 13.3. The van der Waals surface area contributed by atoms with Crippen molar-refractivity contribution in [3.8, 4) is 11.1 Å². The Morgan fingerprint density at radius 2 is 1.54 bits per heavy atom. The molecule has 1 aliphatic rings. The standard InChI is InChI=1S/C25H27NO.C11H16F2O.C6H14O/c1-4-5-20-6-8-21(9-7-20)16-25-13-12-24(17-26-25)23-11-10-22(15-19(3)27)18(2)14-23;1-8(2)7-9(14-4)11(5-6-11)10(3,12)13;1-3-5-7-6-4-2/h6-14,17H,4-5,15-16H2,1-3H3;7H,1,5-6H2,2-4H3;3-6H2,1-2H3/b;9-7-;. The summed E-state index contributed by atoms with van der Waals surface area (Å²) in [6.07, 6.45) is 10.5. The molecule has 0 aliphatic heterocycles. The number of hydrogen-bond donors (Lipinski definition) is 0. The van der Waals surface area contributed by atoms with Gasteiger partial charge in [-0.25, -0.2) is 8.78 Å². The fraction of sp³-hybridized carbons (Fsp3) is 0.476. The molecule has 0 amide bonds. The molecule has 4 nitrogen and oxygen atoms in total. The first-order valence-electron chi connectivity index (χ1n) is 17.3. The van der Waals surface area contributed by atoms with Gasteiger partial charge in [-0.2, -0.15) is 0 Å². The number of aryl methyl sites for hydroxylation is 2. The quantitative estimate of drug-likeness (QED) is 0.0924. The predicted molar refractivity (Wildman–Crippen MR) is 196 cm³/mol. The van der Waals surface area contributed by atoms with Crippen LogP contribution in [0, 0.1) is 12.3 Å². The van der Waals surface area contributed by atoms with Gasteiger partial charge in [-0.1, -0.05) is 87.9 Å². The number of aromatic nitrogens is 1. The maximum Gasteiger partial charge on any atom is 0.257 e. The van der Waals surface area contributed by atoms with Crippen molar-refractivity contribution < 1.29 is 23.0 Å². The van der Waals surface area contributed by atoms with Gasteiger partial charge in [0.1, 0.15) is 11.5 Å². The van der Waals surface area contributed by atoms with Crippen molar-refractivity contribution in [2.24, 2.45) is 5.41 Å². The Balaban J connectivity index is 0.000000317. The van der Waals surface area contributed by atoms with E-state index in [9.17, 15) is 13.6 Å². The first-order chi connectivity index (χ1) is 22.8. The molecule has 1 aromatic heterocycles. The molecule has 1 heterocycles. The van der Waals surface area contributed by atoms with Gasteiger partial charge in [0, 0.05) is 50.4 Å². The zero-order valence-corrected chi connectivity index (χ0v) is 30.6. The summed E-state index contributed by atoms with van der Waals surface area (Å²) in [7, 11) is 1.43. The molecule has 0 saturated heterocycles. The van der Waals surface area contributed by atoms with E-state index in [2.05, 4.69) is 93.9 Å². The largest absolute Gasteiger partial charge is 0.500 e. The lowest BCUT2D eigenvalue weighted by molar-refractivity contribution is -0.116. The first-order valence-corrected chi connectivity index (χ1v) is 17.3. The van der Waals surface area contributed by atoms with E-state index in [1.807, 2.05) is 6.20 Å². The monoisotopic (exact) mass is 661 g/mol. The number of hydrogen-bond acceptors (Lipinski definition) is 4. The minimum absolute atomic E-state index is 0.194. The van der Waals surface area contributed by atoms with Crippen LogP contribution in [0.4, 0.5) is 8.78 Å². The molecule has 4 rings (SSSR count). The highest BCUT2D eigenvalue weighted by Crippen LogP contribution is 2.61. The van der Waals surface area contributed by atoms with E-state index >= 15 is 0 Å². The molecule has 0 bridgehead atoms. The second-order valence-electron chi connectivity index (χ2n) is 12.9. The SMILES string of the molecule is C=C(C)/C=C(\OC)C1(C(C)(F)F)CC1.CCCOCCC.CCCc1ccc(Cc2ccc(-c3ccc(CC(C)=O)c(C)c3)cn2)cc1. The normalized spacial score (nSPS) is 13.4. The van der Waals surface area contributed by atoms with Crippen molar-refractivity contribution in [3.05, 3.63) is 113 Å². The summed E-state index contributed by atoms with van der Waals surface area (Å²) in [4.78, 5) is 16.0. The number of benzene rings is 2. The summed E-state index contributed by atoms with van der Waals surface area (Å²) in [6.45, 7) is 18.4. The molecule has 0 unspecified atom stereocenters. The Morgan fingerprint density at radius 3 is 1.98 bits per heavy atom. The molecular formula is C42H57F2NO3. The van der Waals surface area contributed by atoms with Crippen molar-refractivity contribution in [1.82, 2.24) is 4.98 Å². The van der Waals surface area contributed by atoms with Gasteiger partial charge in [0.15, 0.2) is 0 Å². The molecule has 262 valence electrons. The molecule has 2 aromatic carbocycles. The molecule has 0 radical (unpaired) electrons. The van der Waals surface area contributed by atoms with Crippen LogP contribution in [-0.4, -0.2) is 37.0 Å². The smallest absolute Gasteiger partial charge is 0.257 e. The van der Waals surface area contributed by atoms with Crippen molar-refractivity contribution in [3.63, 3.8) is 0 Å². The van der Waals surface area contributed by atoms with E-state index < -0.39 is 11.3 Å². The number of allylic oxidation sites excluding steroid dienone is 3. The van der Waals surface area contributed by atoms with E-state index in [1.165, 1.54) is 24.7 Å². The van der Waals surface area contributed by atoms with Crippen LogP contribution in [0.5, 0.6) is 0 Å². The first kappa shape index (κ1) is 40.5. The van der Waals surface area contributed by atoms with Crippen molar-refractivity contribution in [2.45, 2.75) is 106 Å². The number of ketones is 1. The Kier molecular flexibility index (Phi) is 16.9. The number of carbonyl (C=O) groups is 1. The molecule has 6 heteroatoms. The number of carbonyl (C=O) groups excluding carboxylic acids is 1. The molecule has 0 N–H and O–H groups in total. The van der Waals surface area contributed by atoms with Crippen LogP contribution >= 0.6 is 0 Å². The summed E-state index contributed by atoms with van der Waals surface area (Å²) in [5.41, 5.74) is 7.93. The van der Waals surface area contributed by atoms with Crippen LogP contribution in [-0.2, 0) is 33.5 Å². The summed E-state index contributed by atoms with van der Waals surface area (Å²) in [5.74, 6) is -2.17. The van der Waals surface area contributed by atoms with Crippen LogP contribution in [0.15, 0.2) is 84.8 Å². The van der Waals surface area contributed by atoms with E-state index in [0.717, 1.165) is 79.3 Å². The maximum absolute atomic E-state index is 13.3. The summed E-state index contributed by atoms with van der Waals surface area (Å²) in [6, 6.07) is 19.4. The molecule has 3 aromatic rings. The third-order valence-corrected chi connectivity index (χ3v) is 8.24. The second-order valence-corrected chi connectivity index (χ2v) is 12.9. The van der Waals surface area contributed by atoms with Gasteiger partial charge < -0.3 is 9.47 Å². The molecule has 1 fully saturated rings. The van der Waals surface area contributed by atoms with Gasteiger partial charge in [0.25, 0.3) is 5.92 Å². The van der Waals surface area contributed by atoms with Crippen LogP contribution in [0.25, 0.3) is 11.1 Å². The van der Waals surface area contributed by atoms with Gasteiger partial charge in [0.2, 0.25) is 0 Å². The lowest BCUT2D eigenvalue weighted by Crippen LogP contribution is -2.28. The van der Waals surface area contributed by atoms with E-state index in [-0.39, 0.29) is 5.78 Å². The highest BCUT2D eigenvalue weighted by atomic mass is 19.3.